The summed E-state index contributed by atoms with van der Waals surface area (Å²) in [6, 6.07) is 31.1. The van der Waals surface area contributed by atoms with Crippen LogP contribution in [0.3, 0.4) is 0 Å². The number of nitrogens with zero attached hydrogens (tertiary/aromatic N) is 2. The van der Waals surface area contributed by atoms with Crippen molar-refractivity contribution >= 4 is 46.7 Å². The monoisotopic (exact) mass is 414 g/mol. The van der Waals surface area contributed by atoms with Gasteiger partial charge < -0.3 is 0 Å². The highest BCUT2D eigenvalue weighted by Gasteiger charge is 2.32. The van der Waals surface area contributed by atoms with E-state index in [9.17, 15) is 9.59 Å². The quantitative estimate of drug-likeness (QED) is 0.502. The Labute approximate surface area is 185 Å². The van der Waals surface area contributed by atoms with Crippen LogP contribution in [0.2, 0.25) is 0 Å². The minimum absolute atomic E-state index is 0.0929. The molecule has 6 rings (SSSR count). The maximum absolute atomic E-state index is 13.1. The first-order chi connectivity index (χ1) is 15.7. The number of benzene rings is 4. The number of hydrogen-bond donors (Lipinski definition) is 0. The van der Waals surface area contributed by atoms with E-state index in [0.717, 1.165) is 44.3 Å². The Bertz CT molecular complexity index is 1490. The lowest BCUT2D eigenvalue weighted by molar-refractivity contribution is -0.112. The zero-order chi connectivity index (χ0) is 21.7. The molecular formula is C28H18N2O2. The van der Waals surface area contributed by atoms with Crippen molar-refractivity contribution in [1.29, 1.82) is 0 Å². The van der Waals surface area contributed by atoms with E-state index in [-0.39, 0.29) is 11.8 Å². The first kappa shape index (κ1) is 18.3. The molecule has 0 spiro atoms. The van der Waals surface area contributed by atoms with Crippen LogP contribution in [0.25, 0.3) is 23.3 Å². The first-order valence-electron chi connectivity index (χ1n) is 10.5. The summed E-state index contributed by atoms with van der Waals surface area (Å²) in [6.07, 6.45) is 3.33. The zero-order valence-corrected chi connectivity index (χ0v) is 17.1. The summed E-state index contributed by atoms with van der Waals surface area (Å²) in [4.78, 5) is 29.7. The van der Waals surface area contributed by atoms with E-state index in [2.05, 4.69) is 0 Å². The summed E-state index contributed by atoms with van der Waals surface area (Å²) >= 11 is 0. The lowest BCUT2D eigenvalue weighted by Gasteiger charge is -2.23. The fourth-order valence-electron chi connectivity index (χ4n) is 4.56. The lowest BCUT2D eigenvalue weighted by Crippen LogP contribution is -2.26. The standard InChI is InChI=1S/C28H18N2O2/c31-25-17-20-16-24-23(18-26(32)29(24)21-12-6-2-7-13-21)27(19-10-4-1-5-11-19)28(20)30(25)22-14-8-3-9-15-22/h1-18H. The number of anilines is 4. The maximum Gasteiger partial charge on any atom is 0.256 e. The van der Waals surface area contributed by atoms with Gasteiger partial charge in [0.1, 0.15) is 0 Å². The van der Waals surface area contributed by atoms with E-state index in [0.29, 0.717) is 0 Å². The summed E-state index contributed by atoms with van der Waals surface area (Å²) in [6.45, 7) is 0. The molecule has 0 atom stereocenters. The summed E-state index contributed by atoms with van der Waals surface area (Å²) in [5, 5.41) is 1.63. The topological polar surface area (TPSA) is 40.6 Å². The molecule has 0 radical (unpaired) electrons. The van der Waals surface area contributed by atoms with Crippen LogP contribution in [0.1, 0.15) is 0 Å². The predicted molar refractivity (Wildman–Crippen MR) is 127 cm³/mol. The van der Waals surface area contributed by atoms with Gasteiger partial charge in [0.25, 0.3) is 11.8 Å². The molecule has 0 saturated heterocycles. The molecule has 4 aromatic rings. The number of carbonyl (C=O) groups excluding carboxylic acids is 2. The Morgan fingerprint density at radius 2 is 1.09 bits per heavy atom. The fraction of sp³-hybridized carbons (Fsp3) is 0. The molecule has 4 nitrogen and oxygen atoms in total. The third-order valence-electron chi connectivity index (χ3n) is 5.89. The van der Waals surface area contributed by atoms with Crippen LogP contribution in [0.5, 0.6) is 0 Å². The van der Waals surface area contributed by atoms with Gasteiger partial charge in [-0.3, -0.25) is 19.4 Å². The molecule has 2 heterocycles. The molecule has 0 N–H and O–H groups in total. The van der Waals surface area contributed by atoms with E-state index in [4.69, 9.17) is 0 Å². The molecule has 2 amide bonds. The lowest BCUT2D eigenvalue weighted by atomic mass is 9.98. The molecule has 4 aromatic carbocycles. The second-order valence-electron chi connectivity index (χ2n) is 7.80. The number of amides is 2. The van der Waals surface area contributed by atoms with E-state index < -0.39 is 0 Å². The van der Waals surface area contributed by atoms with Crippen molar-refractivity contribution < 1.29 is 9.59 Å². The van der Waals surface area contributed by atoms with Crippen molar-refractivity contribution in [2.24, 2.45) is 0 Å². The van der Waals surface area contributed by atoms with Gasteiger partial charge >= 0.3 is 0 Å². The van der Waals surface area contributed by atoms with E-state index in [1.165, 1.54) is 0 Å². The number of hydrogen-bond acceptors (Lipinski definition) is 2. The Kier molecular flexibility index (Phi) is 4.05. The van der Waals surface area contributed by atoms with Crippen LogP contribution in [-0.4, -0.2) is 11.8 Å². The Morgan fingerprint density at radius 1 is 0.562 bits per heavy atom. The molecule has 0 bridgehead atoms. The second kappa shape index (κ2) is 7.06. The summed E-state index contributed by atoms with van der Waals surface area (Å²) in [7, 11) is 0. The summed E-state index contributed by atoms with van der Waals surface area (Å²) < 4.78 is 0. The minimum atomic E-state index is -0.0929. The Balaban J connectivity index is 1.68. The van der Waals surface area contributed by atoms with Crippen molar-refractivity contribution in [3.63, 3.8) is 0 Å². The van der Waals surface area contributed by atoms with Crippen molar-refractivity contribution in [2.75, 3.05) is 9.80 Å². The van der Waals surface area contributed by atoms with Crippen LogP contribution in [0, 0.1) is 0 Å². The molecule has 0 aliphatic carbocycles. The van der Waals surface area contributed by atoms with E-state index in [1.807, 2.05) is 97.1 Å². The SMILES string of the molecule is O=C1C=c2cc3c(c(-c4ccccc4)c2N1c1ccccc1)=CC(=O)N3c1ccccc1. The molecular weight excluding hydrogens is 396 g/mol. The molecule has 152 valence electrons. The van der Waals surface area contributed by atoms with Gasteiger partial charge in [-0.25, -0.2) is 0 Å². The summed E-state index contributed by atoms with van der Waals surface area (Å²) in [5.74, 6) is -0.186. The van der Waals surface area contributed by atoms with Crippen molar-refractivity contribution in [3.05, 3.63) is 107 Å². The maximum atomic E-state index is 13.1. The molecule has 2 aliphatic heterocycles. The van der Waals surface area contributed by atoms with Crippen LogP contribution in [0.4, 0.5) is 22.7 Å². The van der Waals surface area contributed by atoms with Crippen LogP contribution in [-0.2, 0) is 9.59 Å². The van der Waals surface area contributed by atoms with Gasteiger partial charge in [0.2, 0.25) is 0 Å². The third-order valence-corrected chi connectivity index (χ3v) is 5.89. The average molecular weight is 414 g/mol. The number of fused-ring (bicyclic) bond motifs is 2. The molecule has 0 aromatic heterocycles. The third kappa shape index (κ3) is 2.70. The average Bonchev–Trinajstić information content (AvgIpc) is 3.34. The molecule has 0 fully saturated rings. The number of rotatable bonds is 3. The van der Waals surface area contributed by atoms with Gasteiger partial charge in [0, 0.05) is 39.5 Å². The highest BCUT2D eigenvalue weighted by molar-refractivity contribution is 6.27. The fourth-order valence-corrected chi connectivity index (χ4v) is 4.56. The van der Waals surface area contributed by atoms with Gasteiger partial charge in [-0.05, 0) is 35.9 Å². The second-order valence-corrected chi connectivity index (χ2v) is 7.80. The van der Waals surface area contributed by atoms with E-state index in [1.54, 1.807) is 22.0 Å². The molecule has 2 aliphatic rings. The molecule has 0 unspecified atom stereocenters. The highest BCUT2D eigenvalue weighted by atomic mass is 16.2. The highest BCUT2D eigenvalue weighted by Crippen LogP contribution is 2.37. The van der Waals surface area contributed by atoms with Gasteiger partial charge in [-0.2, -0.15) is 0 Å². The van der Waals surface area contributed by atoms with Gasteiger partial charge in [-0.15, -0.1) is 0 Å². The van der Waals surface area contributed by atoms with Crippen LogP contribution in [0.15, 0.2) is 97.1 Å². The molecule has 32 heavy (non-hydrogen) atoms. The van der Waals surface area contributed by atoms with Crippen molar-refractivity contribution in [2.45, 2.75) is 0 Å². The predicted octanol–water partition coefficient (Wildman–Crippen LogP) is 4.27. The van der Waals surface area contributed by atoms with Crippen molar-refractivity contribution in [3.8, 4) is 11.1 Å². The normalized spacial score (nSPS) is 14.1. The smallest absolute Gasteiger partial charge is 0.256 e. The first-order valence-corrected chi connectivity index (χ1v) is 10.5. The van der Waals surface area contributed by atoms with Gasteiger partial charge in [-0.1, -0.05) is 66.7 Å². The van der Waals surface area contributed by atoms with Crippen molar-refractivity contribution in [1.82, 2.24) is 0 Å². The van der Waals surface area contributed by atoms with Gasteiger partial charge in [0.05, 0.1) is 11.4 Å². The van der Waals surface area contributed by atoms with Crippen LogP contribution < -0.4 is 20.2 Å². The molecule has 0 saturated carbocycles. The number of para-hydroxylation sites is 2. The minimum Gasteiger partial charge on any atom is -0.277 e. The summed E-state index contributed by atoms with van der Waals surface area (Å²) in [5.41, 5.74) is 5.05. The largest absolute Gasteiger partial charge is 0.277 e. The van der Waals surface area contributed by atoms with Crippen LogP contribution >= 0.6 is 0 Å². The van der Waals surface area contributed by atoms with E-state index >= 15 is 0 Å². The number of carbonyl (C=O) groups is 2. The Morgan fingerprint density at radius 3 is 1.72 bits per heavy atom. The molecule has 4 heteroatoms. The Hall–Kier alpha value is -4.44. The zero-order valence-electron chi connectivity index (χ0n) is 17.1. The van der Waals surface area contributed by atoms with Gasteiger partial charge in [0.15, 0.2) is 0 Å².